The van der Waals surface area contributed by atoms with Gasteiger partial charge in [0.2, 0.25) is 0 Å². The molecule has 15 heavy (non-hydrogen) atoms. The van der Waals surface area contributed by atoms with E-state index in [9.17, 15) is 4.39 Å². The molecule has 0 heterocycles. The first kappa shape index (κ1) is 12.3. The maximum atomic E-state index is 13.0. The molecule has 3 heteroatoms. The second-order valence-corrected chi connectivity index (χ2v) is 3.95. The number of nitrogens with zero attached hydrogens (tertiary/aromatic N) is 1. The quantitative estimate of drug-likeness (QED) is 0.695. The van der Waals surface area contributed by atoms with E-state index in [1.807, 2.05) is 7.05 Å². The van der Waals surface area contributed by atoms with Crippen LogP contribution in [0, 0.1) is 5.82 Å². The molecule has 0 radical (unpaired) electrons. The first-order valence-electron chi connectivity index (χ1n) is 5.24. The lowest BCUT2D eigenvalue weighted by atomic mass is 10.1. The minimum Gasteiger partial charge on any atom is -0.374 e. The van der Waals surface area contributed by atoms with Crippen LogP contribution in [0.1, 0.15) is 25.3 Å². The van der Waals surface area contributed by atoms with Crippen LogP contribution in [0.3, 0.4) is 0 Å². The Morgan fingerprint density at radius 2 is 2.13 bits per heavy atom. The summed E-state index contributed by atoms with van der Waals surface area (Å²) in [6.07, 6.45) is 2.29. The van der Waals surface area contributed by atoms with Crippen molar-refractivity contribution >= 4 is 17.3 Å². The largest absolute Gasteiger partial charge is 0.374 e. The maximum Gasteiger partial charge on any atom is 0.123 e. The van der Waals surface area contributed by atoms with Crippen molar-refractivity contribution in [2.24, 2.45) is 0 Å². The molecular formula is C12H17ClFN. The van der Waals surface area contributed by atoms with E-state index in [1.54, 1.807) is 6.07 Å². The van der Waals surface area contributed by atoms with Crippen LogP contribution in [0.25, 0.3) is 0 Å². The maximum absolute atomic E-state index is 13.0. The number of unbranched alkanes of at least 4 members (excludes halogenated alkanes) is 1. The van der Waals surface area contributed by atoms with Gasteiger partial charge in [0, 0.05) is 25.2 Å². The second kappa shape index (κ2) is 5.96. The first-order chi connectivity index (χ1) is 7.19. The van der Waals surface area contributed by atoms with E-state index in [0.29, 0.717) is 5.88 Å². The molecule has 0 aliphatic carbocycles. The molecule has 0 saturated heterocycles. The highest BCUT2D eigenvalue weighted by Gasteiger charge is 2.07. The zero-order valence-corrected chi connectivity index (χ0v) is 10.0. The van der Waals surface area contributed by atoms with Crippen LogP contribution in [-0.2, 0) is 5.88 Å². The molecule has 0 spiro atoms. The van der Waals surface area contributed by atoms with Crippen LogP contribution < -0.4 is 4.90 Å². The van der Waals surface area contributed by atoms with Crippen LogP contribution in [0.4, 0.5) is 10.1 Å². The fraction of sp³-hybridized carbons (Fsp3) is 0.500. The number of benzene rings is 1. The van der Waals surface area contributed by atoms with Crippen LogP contribution in [0.2, 0.25) is 0 Å². The molecule has 0 unspecified atom stereocenters. The Kier molecular flexibility index (Phi) is 4.89. The third kappa shape index (κ3) is 3.38. The van der Waals surface area contributed by atoms with E-state index in [1.165, 1.54) is 12.1 Å². The van der Waals surface area contributed by atoms with Crippen molar-refractivity contribution in [3.8, 4) is 0 Å². The first-order valence-corrected chi connectivity index (χ1v) is 5.78. The molecule has 0 atom stereocenters. The van der Waals surface area contributed by atoms with Crippen molar-refractivity contribution < 1.29 is 4.39 Å². The van der Waals surface area contributed by atoms with E-state index in [0.717, 1.165) is 30.6 Å². The molecule has 84 valence electrons. The minimum atomic E-state index is -0.224. The normalized spacial score (nSPS) is 10.4. The van der Waals surface area contributed by atoms with Gasteiger partial charge >= 0.3 is 0 Å². The molecule has 1 nitrogen and oxygen atoms in total. The fourth-order valence-electron chi connectivity index (χ4n) is 1.55. The SMILES string of the molecule is CCCCN(C)c1ccc(F)cc1CCl. The zero-order valence-electron chi connectivity index (χ0n) is 9.26. The third-order valence-electron chi connectivity index (χ3n) is 2.44. The Bertz CT molecular complexity index is 314. The Hall–Kier alpha value is -0.760. The van der Waals surface area contributed by atoms with E-state index < -0.39 is 0 Å². The van der Waals surface area contributed by atoms with Crippen molar-refractivity contribution in [3.05, 3.63) is 29.6 Å². The van der Waals surface area contributed by atoms with Crippen molar-refractivity contribution in [1.29, 1.82) is 0 Å². The van der Waals surface area contributed by atoms with Crippen molar-refractivity contribution in [1.82, 2.24) is 0 Å². The number of alkyl halides is 1. The third-order valence-corrected chi connectivity index (χ3v) is 2.73. The van der Waals surface area contributed by atoms with Crippen LogP contribution in [0.15, 0.2) is 18.2 Å². The summed E-state index contributed by atoms with van der Waals surface area (Å²) < 4.78 is 13.0. The highest BCUT2D eigenvalue weighted by atomic mass is 35.5. The Morgan fingerprint density at radius 3 is 2.73 bits per heavy atom. The lowest BCUT2D eigenvalue weighted by Gasteiger charge is -2.21. The van der Waals surface area contributed by atoms with Gasteiger partial charge in [-0.2, -0.15) is 0 Å². The molecule has 0 amide bonds. The summed E-state index contributed by atoms with van der Waals surface area (Å²) in [6, 6.07) is 4.78. The van der Waals surface area contributed by atoms with Gasteiger partial charge in [0.15, 0.2) is 0 Å². The summed E-state index contributed by atoms with van der Waals surface area (Å²) in [6.45, 7) is 3.13. The summed E-state index contributed by atoms with van der Waals surface area (Å²) >= 11 is 5.79. The highest BCUT2D eigenvalue weighted by Crippen LogP contribution is 2.22. The summed E-state index contributed by atoms with van der Waals surface area (Å²) in [5.74, 6) is 0.127. The van der Waals surface area contributed by atoms with E-state index in [4.69, 9.17) is 11.6 Å². The number of hydrogen-bond donors (Lipinski definition) is 0. The monoisotopic (exact) mass is 229 g/mol. The van der Waals surface area contributed by atoms with Gasteiger partial charge in [-0.3, -0.25) is 0 Å². The standard InChI is InChI=1S/C12H17ClFN/c1-3-4-7-15(2)12-6-5-11(14)8-10(12)9-13/h5-6,8H,3-4,7,9H2,1-2H3. The lowest BCUT2D eigenvalue weighted by molar-refractivity contribution is 0.626. The molecule has 0 aliphatic rings. The number of halogens is 2. The van der Waals surface area contributed by atoms with Crippen LogP contribution in [-0.4, -0.2) is 13.6 Å². The Labute approximate surface area is 95.8 Å². The average molecular weight is 230 g/mol. The lowest BCUT2D eigenvalue weighted by Crippen LogP contribution is -2.19. The highest BCUT2D eigenvalue weighted by molar-refractivity contribution is 6.17. The summed E-state index contributed by atoms with van der Waals surface area (Å²) in [7, 11) is 2.01. The number of rotatable bonds is 5. The molecule has 0 saturated carbocycles. The Balaban J connectivity index is 2.82. The smallest absolute Gasteiger partial charge is 0.123 e. The molecule has 0 bridgehead atoms. The van der Waals surface area contributed by atoms with Gasteiger partial charge in [-0.1, -0.05) is 13.3 Å². The van der Waals surface area contributed by atoms with Crippen molar-refractivity contribution in [2.75, 3.05) is 18.5 Å². The van der Waals surface area contributed by atoms with Gasteiger partial charge in [0.05, 0.1) is 0 Å². The van der Waals surface area contributed by atoms with E-state index in [-0.39, 0.29) is 5.82 Å². The fourth-order valence-corrected chi connectivity index (χ4v) is 1.76. The van der Waals surface area contributed by atoms with Gasteiger partial charge in [-0.25, -0.2) is 4.39 Å². The molecule has 0 aliphatic heterocycles. The minimum absolute atomic E-state index is 0.224. The van der Waals surface area contributed by atoms with Crippen molar-refractivity contribution in [2.45, 2.75) is 25.6 Å². The zero-order chi connectivity index (χ0) is 11.3. The van der Waals surface area contributed by atoms with Crippen LogP contribution >= 0.6 is 11.6 Å². The van der Waals surface area contributed by atoms with Gasteiger partial charge in [0.1, 0.15) is 5.82 Å². The number of anilines is 1. The summed E-state index contributed by atoms with van der Waals surface area (Å²) in [4.78, 5) is 2.13. The Morgan fingerprint density at radius 1 is 1.40 bits per heavy atom. The average Bonchev–Trinajstić information content (AvgIpc) is 2.25. The predicted octanol–water partition coefficient (Wildman–Crippen LogP) is 3.80. The van der Waals surface area contributed by atoms with Crippen LogP contribution in [0.5, 0.6) is 0 Å². The molecule has 0 N–H and O–H groups in total. The second-order valence-electron chi connectivity index (χ2n) is 3.68. The van der Waals surface area contributed by atoms with Crippen molar-refractivity contribution in [3.63, 3.8) is 0 Å². The topological polar surface area (TPSA) is 3.24 Å². The molecule has 1 aromatic carbocycles. The predicted molar refractivity (Wildman–Crippen MR) is 64.1 cm³/mol. The van der Waals surface area contributed by atoms with Gasteiger partial charge in [-0.05, 0) is 30.2 Å². The van der Waals surface area contributed by atoms with Gasteiger partial charge in [0.25, 0.3) is 0 Å². The van der Waals surface area contributed by atoms with E-state index >= 15 is 0 Å². The molecule has 1 aromatic rings. The van der Waals surface area contributed by atoms with E-state index in [2.05, 4.69) is 11.8 Å². The summed E-state index contributed by atoms with van der Waals surface area (Å²) in [5, 5.41) is 0. The van der Waals surface area contributed by atoms with Gasteiger partial charge in [-0.15, -0.1) is 11.6 Å². The molecule has 0 aromatic heterocycles. The molecular weight excluding hydrogens is 213 g/mol. The van der Waals surface area contributed by atoms with Gasteiger partial charge < -0.3 is 4.90 Å². The summed E-state index contributed by atoms with van der Waals surface area (Å²) in [5.41, 5.74) is 1.88. The molecule has 0 fully saturated rings. The molecule has 1 rings (SSSR count). The number of hydrogen-bond acceptors (Lipinski definition) is 1.